The van der Waals surface area contributed by atoms with Gasteiger partial charge in [-0.05, 0) is 31.2 Å². The van der Waals surface area contributed by atoms with Gasteiger partial charge in [-0.1, -0.05) is 12.1 Å². The number of hydrogen-bond donors (Lipinski definition) is 2. The van der Waals surface area contributed by atoms with Crippen molar-refractivity contribution < 1.29 is 4.79 Å². The van der Waals surface area contributed by atoms with Crippen molar-refractivity contribution in [2.75, 3.05) is 43.5 Å². The molecule has 1 heterocycles. The van der Waals surface area contributed by atoms with Crippen LogP contribution in [0.4, 0.5) is 5.69 Å². The van der Waals surface area contributed by atoms with Crippen LogP contribution < -0.4 is 10.6 Å². The van der Waals surface area contributed by atoms with Crippen LogP contribution in [0.25, 0.3) is 0 Å². The maximum absolute atomic E-state index is 11.8. The predicted molar refractivity (Wildman–Crippen MR) is 91.0 cm³/mol. The van der Waals surface area contributed by atoms with Crippen molar-refractivity contribution in [3.8, 4) is 0 Å². The lowest BCUT2D eigenvalue weighted by Gasteiger charge is -2.26. The number of carbonyl (C=O) groups is 1. The predicted octanol–water partition coefficient (Wildman–Crippen LogP) is 2.09. The largest absolute Gasteiger partial charge is 0.326 e. The van der Waals surface area contributed by atoms with E-state index < -0.39 is 0 Å². The minimum atomic E-state index is 0.0632. The van der Waals surface area contributed by atoms with Crippen molar-refractivity contribution in [3.63, 3.8) is 0 Å². The summed E-state index contributed by atoms with van der Waals surface area (Å²) >= 11 is 2.03. The van der Waals surface area contributed by atoms with Gasteiger partial charge in [0.15, 0.2) is 0 Å². The van der Waals surface area contributed by atoms with Crippen molar-refractivity contribution in [3.05, 3.63) is 29.3 Å². The van der Waals surface area contributed by atoms with Crippen LogP contribution in [0, 0.1) is 6.92 Å². The molecule has 1 aromatic rings. The van der Waals surface area contributed by atoms with Crippen molar-refractivity contribution in [1.29, 1.82) is 0 Å². The summed E-state index contributed by atoms with van der Waals surface area (Å²) in [5, 5.41) is 5.97. The van der Waals surface area contributed by atoms with E-state index in [4.69, 9.17) is 0 Å². The summed E-state index contributed by atoms with van der Waals surface area (Å²) in [4.78, 5) is 14.3. The van der Waals surface area contributed by atoms with Crippen LogP contribution in [0.3, 0.4) is 0 Å². The lowest BCUT2D eigenvalue weighted by Crippen LogP contribution is -2.31. The molecule has 0 radical (unpaired) electrons. The molecule has 2 rings (SSSR count). The summed E-state index contributed by atoms with van der Waals surface area (Å²) in [6.07, 6.45) is 0.503. The average Bonchev–Trinajstić information content (AvgIpc) is 2.49. The van der Waals surface area contributed by atoms with Gasteiger partial charge in [0.2, 0.25) is 5.91 Å². The minimum absolute atomic E-state index is 0.0632. The molecule has 116 valence electrons. The highest BCUT2D eigenvalue weighted by Gasteiger charge is 2.11. The van der Waals surface area contributed by atoms with Gasteiger partial charge in [-0.15, -0.1) is 0 Å². The van der Waals surface area contributed by atoms with E-state index >= 15 is 0 Å². The number of rotatable bonds is 6. The molecule has 5 heteroatoms. The van der Waals surface area contributed by atoms with Gasteiger partial charge in [0, 0.05) is 49.8 Å². The van der Waals surface area contributed by atoms with E-state index in [-0.39, 0.29) is 5.91 Å². The lowest BCUT2D eigenvalue weighted by molar-refractivity contribution is -0.116. The molecule has 4 nitrogen and oxygen atoms in total. The Labute approximate surface area is 131 Å². The van der Waals surface area contributed by atoms with Crippen LogP contribution >= 0.6 is 11.8 Å². The maximum atomic E-state index is 11.8. The van der Waals surface area contributed by atoms with Crippen molar-refractivity contribution in [1.82, 2.24) is 10.2 Å². The number of anilines is 1. The van der Waals surface area contributed by atoms with Gasteiger partial charge in [0.25, 0.3) is 0 Å². The summed E-state index contributed by atoms with van der Waals surface area (Å²) in [5.74, 6) is 2.53. The molecule has 0 unspecified atom stereocenters. The third-order valence-electron chi connectivity index (χ3n) is 3.68. The number of nitrogens with one attached hydrogen (secondary N) is 2. The number of amides is 1. The number of carbonyl (C=O) groups excluding carboxylic acids is 1. The van der Waals surface area contributed by atoms with Crippen molar-refractivity contribution in [2.24, 2.45) is 0 Å². The van der Waals surface area contributed by atoms with Gasteiger partial charge in [-0.3, -0.25) is 9.69 Å². The van der Waals surface area contributed by atoms with Crippen LogP contribution in [0.1, 0.15) is 17.5 Å². The molecule has 1 aliphatic heterocycles. The van der Waals surface area contributed by atoms with E-state index in [0.29, 0.717) is 13.0 Å². The number of nitrogens with zero attached hydrogens (tertiary/aromatic N) is 1. The maximum Gasteiger partial charge on any atom is 0.225 e. The first kappa shape index (κ1) is 16.3. The first-order valence-electron chi connectivity index (χ1n) is 7.53. The van der Waals surface area contributed by atoms with Gasteiger partial charge in [0.05, 0.1) is 0 Å². The Hall–Kier alpha value is -1.04. The molecule has 0 aromatic heterocycles. The second-order valence-electron chi connectivity index (χ2n) is 5.44. The van der Waals surface area contributed by atoms with Crippen LogP contribution in [-0.2, 0) is 11.3 Å². The number of benzene rings is 1. The first-order valence-corrected chi connectivity index (χ1v) is 8.68. The van der Waals surface area contributed by atoms with Crippen LogP contribution in [0.5, 0.6) is 0 Å². The van der Waals surface area contributed by atoms with E-state index in [2.05, 4.69) is 34.6 Å². The SMILES string of the molecule is CNCCC(=O)Nc1ccc(CN2CCSCC2)cc1C. The Kier molecular flexibility index (Phi) is 6.54. The van der Waals surface area contributed by atoms with Gasteiger partial charge < -0.3 is 10.6 Å². The van der Waals surface area contributed by atoms with Crippen LogP contribution in [-0.4, -0.2) is 49.0 Å². The highest BCUT2D eigenvalue weighted by atomic mass is 32.2. The molecule has 0 spiro atoms. The quantitative estimate of drug-likeness (QED) is 0.845. The fourth-order valence-electron chi connectivity index (χ4n) is 2.43. The van der Waals surface area contributed by atoms with E-state index in [1.165, 1.54) is 30.2 Å². The molecule has 1 aromatic carbocycles. The van der Waals surface area contributed by atoms with Gasteiger partial charge in [0.1, 0.15) is 0 Å². The lowest BCUT2D eigenvalue weighted by atomic mass is 10.1. The Bertz CT molecular complexity index is 473. The van der Waals surface area contributed by atoms with Crippen LogP contribution in [0.2, 0.25) is 0 Å². The summed E-state index contributed by atoms with van der Waals surface area (Å²) in [6, 6.07) is 6.35. The minimum Gasteiger partial charge on any atom is -0.326 e. The van der Waals surface area contributed by atoms with Gasteiger partial charge in [-0.25, -0.2) is 0 Å². The topological polar surface area (TPSA) is 44.4 Å². The smallest absolute Gasteiger partial charge is 0.225 e. The first-order chi connectivity index (χ1) is 10.2. The highest BCUT2D eigenvalue weighted by Crippen LogP contribution is 2.19. The fourth-order valence-corrected chi connectivity index (χ4v) is 3.41. The van der Waals surface area contributed by atoms with E-state index in [1.54, 1.807) is 0 Å². The van der Waals surface area contributed by atoms with E-state index in [9.17, 15) is 4.79 Å². The number of aryl methyl sites for hydroxylation is 1. The van der Waals surface area contributed by atoms with Crippen molar-refractivity contribution >= 4 is 23.4 Å². The molecular formula is C16H25N3OS. The Morgan fingerprint density at radius 2 is 2.10 bits per heavy atom. The zero-order valence-electron chi connectivity index (χ0n) is 12.9. The summed E-state index contributed by atoms with van der Waals surface area (Å²) < 4.78 is 0. The molecule has 2 N–H and O–H groups in total. The third-order valence-corrected chi connectivity index (χ3v) is 4.62. The molecular weight excluding hydrogens is 282 g/mol. The zero-order chi connectivity index (χ0) is 15.1. The molecule has 0 saturated carbocycles. The second-order valence-corrected chi connectivity index (χ2v) is 6.66. The Balaban J connectivity index is 1.91. The monoisotopic (exact) mass is 307 g/mol. The normalized spacial score (nSPS) is 15.9. The molecule has 21 heavy (non-hydrogen) atoms. The number of thioether (sulfide) groups is 1. The standard InChI is InChI=1S/C16H25N3OS/c1-13-11-14(12-19-7-9-21-10-8-19)3-4-15(13)18-16(20)5-6-17-2/h3-4,11,17H,5-10,12H2,1-2H3,(H,18,20). The highest BCUT2D eigenvalue weighted by molar-refractivity contribution is 7.99. The second kappa shape index (κ2) is 8.41. The Morgan fingerprint density at radius 3 is 2.76 bits per heavy atom. The molecule has 0 aliphatic carbocycles. The molecule has 1 amide bonds. The summed E-state index contributed by atoms with van der Waals surface area (Å²) in [5.41, 5.74) is 3.39. The molecule has 1 fully saturated rings. The van der Waals surface area contributed by atoms with Gasteiger partial charge in [-0.2, -0.15) is 11.8 Å². The fraction of sp³-hybridized carbons (Fsp3) is 0.562. The van der Waals surface area contributed by atoms with E-state index in [1.807, 2.05) is 24.9 Å². The molecule has 0 bridgehead atoms. The number of hydrogen-bond acceptors (Lipinski definition) is 4. The van der Waals surface area contributed by atoms with Crippen LogP contribution in [0.15, 0.2) is 18.2 Å². The summed E-state index contributed by atoms with van der Waals surface area (Å²) in [6.45, 7) is 6.12. The third kappa shape index (κ3) is 5.34. The Morgan fingerprint density at radius 1 is 1.33 bits per heavy atom. The summed E-state index contributed by atoms with van der Waals surface area (Å²) in [7, 11) is 1.85. The van der Waals surface area contributed by atoms with Gasteiger partial charge >= 0.3 is 0 Å². The molecule has 1 aliphatic rings. The van der Waals surface area contributed by atoms with E-state index in [0.717, 1.165) is 17.8 Å². The van der Waals surface area contributed by atoms with Crippen molar-refractivity contribution in [2.45, 2.75) is 19.9 Å². The zero-order valence-corrected chi connectivity index (χ0v) is 13.8. The average molecular weight is 307 g/mol. The molecule has 1 saturated heterocycles. The molecule has 0 atom stereocenters.